The molecular weight excluding hydrogens is 451 g/mol. The van der Waals surface area contributed by atoms with Crippen LogP contribution >= 0.6 is 11.3 Å². The zero-order chi connectivity index (χ0) is 23.8. The van der Waals surface area contributed by atoms with Crippen molar-refractivity contribution in [1.82, 2.24) is 9.38 Å². The second-order valence-electron chi connectivity index (χ2n) is 8.13. The third-order valence-corrected chi connectivity index (χ3v) is 6.70. The average Bonchev–Trinajstić information content (AvgIpc) is 3.30. The van der Waals surface area contributed by atoms with E-state index in [2.05, 4.69) is 4.98 Å². The lowest BCUT2D eigenvalue weighted by molar-refractivity contribution is 0.269. The Morgan fingerprint density at radius 3 is 2.53 bits per heavy atom. The fourth-order valence-corrected chi connectivity index (χ4v) is 4.80. The Morgan fingerprint density at radius 1 is 1.00 bits per heavy atom. The summed E-state index contributed by atoms with van der Waals surface area (Å²) in [7, 11) is 0. The third-order valence-electron chi connectivity index (χ3n) is 5.73. The summed E-state index contributed by atoms with van der Waals surface area (Å²) in [6.07, 6.45) is 1.85. The van der Waals surface area contributed by atoms with Gasteiger partial charge in [0.25, 0.3) is 5.56 Å². The van der Waals surface area contributed by atoms with E-state index in [1.54, 1.807) is 16.5 Å². The summed E-state index contributed by atoms with van der Waals surface area (Å²) in [5.41, 5.74) is 5.55. The van der Waals surface area contributed by atoms with Crippen LogP contribution in [0.4, 0.5) is 4.39 Å². The summed E-state index contributed by atoms with van der Waals surface area (Å²) >= 11 is 1.37. The molecule has 0 unspecified atom stereocenters. The van der Waals surface area contributed by atoms with Crippen molar-refractivity contribution in [1.29, 1.82) is 0 Å². The van der Waals surface area contributed by atoms with Crippen molar-refractivity contribution in [2.24, 2.45) is 0 Å². The molecule has 5 aromatic rings. The van der Waals surface area contributed by atoms with Gasteiger partial charge in [0.15, 0.2) is 16.5 Å². The number of thiazole rings is 1. The molecule has 0 fully saturated rings. The van der Waals surface area contributed by atoms with E-state index >= 15 is 0 Å². The number of ether oxygens (including phenoxy) is 2. The molecule has 0 aliphatic heterocycles. The van der Waals surface area contributed by atoms with E-state index in [4.69, 9.17) is 9.47 Å². The van der Waals surface area contributed by atoms with E-state index in [1.165, 1.54) is 23.5 Å². The number of halogens is 1. The molecule has 0 radical (unpaired) electrons. The van der Waals surface area contributed by atoms with Crippen molar-refractivity contribution >= 4 is 33.4 Å². The molecule has 2 heterocycles. The Kier molecular flexibility index (Phi) is 5.79. The van der Waals surface area contributed by atoms with Crippen LogP contribution in [0.3, 0.4) is 0 Å². The second kappa shape index (κ2) is 8.91. The number of imidazole rings is 1. The fourth-order valence-electron chi connectivity index (χ4n) is 3.81. The quantitative estimate of drug-likeness (QED) is 0.340. The Labute approximate surface area is 199 Å². The SMILES string of the molecule is CCOc1cc(/C=c2\sc3nc4cc(C)c(C)cc4n3c2=O)ccc1OCc1ccc(F)cc1. The van der Waals surface area contributed by atoms with Crippen LogP contribution in [0.25, 0.3) is 22.1 Å². The van der Waals surface area contributed by atoms with Gasteiger partial charge in [-0.05, 0) is 85.5 Å². The van der Waals surface area contributed by atoms with Crippen molar-refractivity contribution in [3.63, 3.8) is 0 Å². The molecule has 0 amide bonds. The molecule has 0 atom stereocenters. The molecule has 0 N–H and O–H groups in total. The summed E-state index contributed by atoms with van der Waals surface area (Å²) in [4.78, 5) is 18.5. The topological polar surface area (TPSA) is 52.8 Å². The number of aryl methyl sites for hydroxylation is 2. The van der Waals surface area contributed by atoms with Gasteiger partial charge < -0.3 is 9.47 Å². The smallest absolute Gasteiger partial charge is 0.274 e. The predicted molar refractivity (Wildman–Crippen MR) is 133 cm³/mol. The van der Waals surface area contributed by atoms with Crippen molar-refractivity contribution < 1.29 is 13.9 Å². The van der Waals surface area contributed by atoms with Gasteiger partial charge in [0.1, 0.15) is 12.4 Å². The Balaban J connectivity index is 1.49. The lowest BCUT2D eigenvalue weighted by Crippen LogP contribution is -2.22. The molecule has 7 heteroatoms. The molecule has 0 saturated carbocycles. The van der Waals surface area contributed by atoms with E-state index in [-0.39, 0.29) is 11.4 Å². The number of hydrogen-bond acceptors (Lipinski definition) is 5. The minimum atomic E-state index is -0.282. The summed E-state index contributed by atoms with van der Waals surface area (Å²) in [5.74, 6) is 0.892. The van der Waals surface area contributed by atoms with Gasteiger partial charge in [-0.3, -0.25) is 4.79 Å². The molecule has 5 nitrogen and oxygen atoms in total. The van der Waals surface area contributed by atoms with Crippen molar-refractivity contribution in [2.75, 3.05) is 6.61 Å². The Hall–Kier alpha value is -3.71. The molecule has 0 bridgehead atoms. The van der Waals surface area contributed by atoms with Gasteiger partial charge in [-0.15, -0.1) is 0 Å². The maximum Gasteiger partial charge on any atom is 0.274 e. The van der Waals surface area contributed by atoms with Crippen LogP contribution in [0.2, 0.25) is 0 Å². The largest absolute Gasteiger partial charge is 0.490 e. The maximum atomic E-state index is 13.2. The number of hydrogen-bond donors (Lipinski definition) is 0. The molecule has 5 rings (SSSR count). The standard InChI is InChI=1S/C27H23FN2O3S/c1-4-32-24-13-19(7-10-23(24)33-15-18-5-8-20(28)9-6-18)14-25-26(31)30-22-12-17(3)16(2)11-21(22)29-27(30)34-25/h5-14H,4,15H2,1-3H3/b25-14-. The first-order chi connectivity index (χ1) is 16.4. The highest BCUT2D eigenvalue weighted by Crippen LogP contribution is 2.30. The Bertz CT molecular complexity index is 1620. The molecule has 2 aromatic heterocycles. The van der Waals surface area contributed by atoms with Gasteiger partial charge in [0.05, 0.1) is 22.2 Å². The minimum absolute atomic E-state index is 0.0830. The minimum Gasteiger partial charge on any atom is -0.490 e. The molecule has 34 heavy (non-hydrogen) atoms. The van der Waals surface area contributed by atoms with Crippen LogP contribution in [-0.2, 0) is 6.61 Å². The van der Waals surface area contributed by atoms with Crippen molar-refractivity contribution in [2.45, 2.75) is 27.4 Å². The molecule has 0 spiro atoms. The van der Waals surface area contributed by atoms with Crippen molar-refractivity contribution in [3.8, 4) is 11.5 Å². The monoisotopic (exact) mass is 474 g/mol. The highest BCUT2D eigenvalue weighted by Gasteiger charge is 2.13. The maximum absolute atomic E-state index is 13.2. The number of benzene rings is 3. The first kappa shape index (κ1) is 22.1. The van der Waals surface area contributed by atoms with Gasteiger partial charge in [-0.25, -0.2) is 13.8 Å². The van der Waals surface area contributed by atoms with E-state index in [9.17, 15) is 9.18 Å². The molecule has 0 saturated heterocycles. The number of rotatable bonds is 6. The zero-order valence-electron chi connectivity index (χ0n) is 19.1. The normalized spacial score (nSPS) is 12.1. The highest BCUT2D eigenvalue weighted by molar-refractivity contribution is 7.15. The van der Waals surface area contributed by atoms with Crippen LogP contribution in [0.5, 0.6) is 11.5 Å². The molecule has 0 aliphatic carbocycles. The number of aromatic nitrogens is 2. The van der Waals surface area contributed by atoms with Crippen LogP contribution in [-0.4, -0.2) is 16.0 Å². The second-order valence-corrected chi connectivity index (χ2v) is 9.13. The van der Waals surface area contributed by atoms with E-state index in [0.717, 1.165) is 33.3 Å². The molecular formula is C27H23FN2O3S. The summed E-state index contributed by atoms with van der Waals surface area (Å²) < 4.78 is 27.1. The lowest BCUT2D eigenvalue weighted by Gasteiger charge is -2.12. The third kappa shape index (κ3) is 4.15. The van der Waals surface area contributed by atoms with E-state index in [1.807, 2.05) is 57.2 Å². The van der Waals surface area contributed by atoms with Gasteiger partial charge in [0, 0.05) is 0 Å². The number of fused-ring (bicyclic) bond motifs is 3. The fraction of sp³-hybridized carbons (Fsp3) is 0.185. The summed E-state index contributed by atoms with van der Waals surface area (Å²) in [6.45, 7) is 6.75. The highest BCUT2D eigenvalue weighted by atomic mass is 32.1. The zero-order valence-corrected chi connectivity index (χ0v) is 19.9. The lowest BCUT2D eigenvalue weighted by atomic mass is 10.1. The van der Waals surface area contributed by atoms with Crippen LogP contribution in [0.15, 0.2) is 59.4 Å². The first-order valence-electron chi connectivity index (χ1n) is 11.0. The van der Waals surface area contributed by atoms with E-state index in [0.29, 0.717) is 34.2 Å². The van der Waals surface area contributed by atoms with Gasteiger partial charge in [0.2, 0.25) is 0 Å². The molecule has 3 aromatic carbocycles. The Morgan fingerprint density at radius 2 is 1.76 bits per heavy atom. The molecule has 172 valence electrons. The molecule has 0 aliphatic rings. The predicted octanol–water partition coefficient (Wildman–Crippen LogP) is 5.19. The van der Waals surface area contributed by atoms with E-state index < -0.39 is 0 Å². The van der Waals surface area contributed by atoms with Crippen LogP contribution in [0, 0.1) is 19.7 Å². The average molecular weight is 475 g/mol. The van der Waals surface area contributed by atoms with Gasteiger partial charge in [-0.1, -0.05) is 29.5 Å². The van der Waals surface area contributed by atoms with Crippen molar-refractivity contribution in [3.05, 3.63) is 97.6 Å². The summed E-state index contributed by atoms with van der Waals surface area (Å²) in [6, 6.07) is 15.8. The first-order valence-corrected chi connectivity index (χ1v) is 11.8. The van der Waals surface area contributed by atoms with Gasteiger partial charge in [-0.2, -0.15) is 0 Å². The summed E-state index contributed by atoms with van der Waals surface area (Å²) in [5, 5.41) is 0. The van der Waals surface area contributed by atoms with Crippen LogP contribution in [0.1, 0.15) is 29.2 Å². The van der Waals surface area contributed by atoms with Gasteiger partial charge >= 0.3 is 0 Å². The number of nitrogens with zero attached hydrogens (tertiary/aromatic N) is 2. The van der Waals surface area contributed by atoms with Crippen LogP contribution < -0.4 is 19.6 Å².